The van der Waals surface area contributed by atoms with Gasteiger partial charge in [-0.1, -0.05) is 61.8 Å². The molecule has 0 aromatic carbocycles. The number of rotatable bonds is 7. The zero-order chi connectivity index (χ0) is 18.8. The monoisotopic (exact) mass is 390 g/mol. The molecule has 0 aromatic rings. The van der Waals surface area contributed by atoms with Crippen LogP contribution in [0.5, 0.6) is 0 Å². The first-order valence-corrected chi connectivity index (χ1v) is 12.2. The molecule has 4 bridgehead atoms. The molecule has 6 atom stereocenters. The molecule has 2 heteroatoms. The molecular weight excluding hydrogens is 364 g/mol. The summed E-state index contributed by atoms with van der Waals surface area (Å²) in [6.07, 6.45) is 23.4. The molecule has 0 nitrogen and oxygen atoms in total. The van der Waals surface area contributed by atoms with Gasteiger partial charge in [0, 0.05) is 17.4 Å². The standard InChI is InChI=1S/C25H27ClSi/c1-3-17-15-19-11-13-24(17)22(19)9-5-7-21(27-26)8-6-10-23-20-12-14-25(23)18(4-2)16-20/h5-8,11-14,19-25H,1-2,9-10,15-16H2. The molecule has 2 fully saturated rings. The summed E-state index contributed by atoms with van der Waals surface area (Å²) in [6.45, 7) is 7.71. The highest BCUT2D eigenvalue weighted by atomic mass is 35.6. The Morgan fingerprint density at radius 3 is 1.78 bits per heavy atom. The van der Waals surface area contributed by atoms with Gasteiger partial charge in [-0.2, -0.15) is 11.1 Å². The van der Waals surface area contributed by atoms with Gasteiger partial charge in [-0.15, -0.1) is 11.5 Å². The van der Waals surface area contributed by atoms with E-state index in [1.165, 1.54) is 11.1 Å². The van der Waals surface area contributed by atoms with Gasteiger partial charge in [-0.25, -0.2) is 0 Å². The minimum atomic E-state index is 0.356. The number of hydrogen-bond acceptors (Lipinski definition) is 0. The van der Waals surface area contributed by atoms with E-state index < -0.39 is 0 Å². The van der Waals surface area contributed by atoms with Gasteiger partial charge in [-0.3, -0.25) is 0 Å². The number of hydrogen-bond donors (Lipinski definition) is 0. The maximum Gasteiger partial charge on any atom is 0.183 e. The SMILES string of the molecule is C=C=C1CC2C=CC1C2CC=CC(C=CCC1C2C=CC1C(=C=C)C2)[Si]Cl. The Labute approximate surface area is 171 Å². The van der Waals surface area contributed by atoms with Gasteiger partial charge in [-0.05, 0) is 60.5 Å². The molecule has 0 saturated heterocycles. The van der Waals surface area contributed by atoms with Gasteiger partial charge in [0.2, 0.25) is 0 Å². The number of fused-ring (bicyclic) bond motifs is 4. The van der Waals surface area contributed by atoms with E-state index in [4.69, 9.17) is 11.1 Å². The lowest BCUT2D eigenvalue weighted by molar-refractivity contribution is 0.442. The molecule has 0 heterocycles. The number of halogens is 1. The van der Waals surface area contributed by atoms with Crippen LogP contribution in [0.4, 0.5) is 0 Å². The molecule has 27 heavy (non-hydrogen) atoms. The van der Waals surface area contributed by atoms with E-state index in [1.807, 2.05) is 0 Å². The molecule has 0 spiro atoms. The van der Waals surface area contributed by atoms with Gasteiger partial charge in [0.15, 0.2) is 8.83 Å². The van der Waals surface area contributed by atoms with Crippen LogP contribution in [0.2, 0.25) is 5.54 Å². The topological polar surface area (TPSA) is 0 Å². The van der Waals surface area contributed by atoms with Crippen molar-refractivity contribution < 1.29 is 0 Å². The normalized spacial score (nSPS) is 37.1. The number of allylic oxidation sites excluding steroid dienone is 10. The maximum absolute atomic E-state index is 6.24. The van der Waals surface area contributed by atoms with Crippen molar-refractivity contribution in [2.45, 2.75) is 31.2 Å². The van der Waals surface area contributed by atoms with E-state index >= 15 is 0 Å². The summed E-state index contributed by atoms with van der Waals surface area (Å²) in [6, 6.07) is 0. The lowest BCUT2D eigenvalue weighted by atomic mass is 9.91. The Balaban J connectivity index is 1.29. The van der Waals surface area contributed by atoms with Crippen LogP contribution < -0.4 is 0 Å². The first-order chi connectivity index (χ1) is 13.2. The van der Waals surface area contributed by atoms with Crippen molar-refractivity contribution in [1.29, 1.82) is 0 Å². The fourth-order valence-electron chi connectivity index (χ4n) is 5.52. The highest BCUT2D eigenvalue weighted by Crippen LogP contribution is 2.50. The van der Waals surface area contributed by atoms with E-state index in [1.54, 1.807) is 0 Å². The molecule has 2 saturated carbocycles. The molecule has 2 radical (unpaired) electrons. The van der Waals surface area contributed by atoms with Crippen molar-refractivity contribution in [3.8, 4) is 0 Å². The van der Waals surface area contributed by atoms with Crippen molar-refractivity contribution in [2.75, 3.05) is 0 Å². The Kier molecular flexibility index (Phi) is 5.76. The van der Waals surface area contributed by atoms with Gasteiger partial charge in [0.25, 0.3) is 0 Å². The van der Waals surface area contributed by atoms with Crippen LogP contribution in [0.3, 0.4) is 0 Å². The quantitative estimate of drug-likeness (QED) is 0.199. The first-order valence-electron chi connectivity index (χ1n) is 10.1. The van der Waals surface area contributed by atoms with E-state index in [9.17, 15) is 0 Å². The summed E-state index contributed by atoms with van der Waals surface area (Å²) >= 11 is 6.24. The molecule has 4 aliphatic rings. The third-order valence-electron chi connectivity index (χ3n) is 6.95. The summed E-state index contributed by atoms with van der Waals surface area (Å²) in [7, 11) is 0.399. The maximum atomic E-state index is 6.24. The van der Waals surface area contributed by atoms with Crippen LogP contribution in [0, 0.1) is 35.5 Å². The summed E-state index contributed by atoms with van der Waals surface area (Å²) < 4.78 is 0. The molecular formula is C25H27ClSi. The van der Waals surface area contributed by atoms with E-state index in [0.29, 0.717) is 49.9 Å². The molecule has 138 valence electrons. The highest BCUT2D eigenvalue weighted by Gasteiger charge is 2.41. The molecule has 0 aliphatic heterocycles. The van der Waals surface area contributed by atoms with Crippen LogP contribution in [0.1, 0.15) is 25.7 Å². The zero-order valence-electron chi connectivity index (χ0n) is 15.8. The van der Waals surface area contributed by atoms with Crippen LogP contribution in [-0.4, -0.2) is 8.83 Å². The second-order valence-electron chi connectivity index (χ2n) is 8.25. The van der Waals surface area contributed by atoms with Gasteiger partial charge in [0.1, 0.15) is 0 Å². The van der Waals surface area contributed by atoms with Crippen molar-refractivity contribution in [3.63, 3.8) is 0 Å². The van der Waals surface area contributed by atoms with Gasteiger partial charge in [0.05, 0.1) is 0 Å². The van der Waals surface area contributed by atoms with Crippen molar-refractivity contribution in [3.05, 3.63) is 84.4 Å². The first kappa shape index (κ1) is 18.9. The van der Waals surface area contributed by atoms with Crippen LogP contribution in [0.25, 0.3) is 0 Å². The summed E-state index contributed by atoms with van der Waals surface area (Å²) in [5.74, 6) is 3.93. The minimum absolute atomic E-state index is 0.356. The predicted octanol–water partition coefficient (Wildman–Crippen LogP) is 6.59. The average Bonchev–Trinajstić information content (AvgIpc) is 3.45. The van der Waals surface area contributed by atoms with E-state index in [0.717, 1.165) is 25.7 Å². The average molecular weight is 391 g/mol. The third-order valence-corrected chi connectivity index (χ3v) is 8.35. The van der Waals surface area contributed by atoms with Crippen molar-refractivity contribution >= 4 is 19.9 Å². The molecule has 0 aromatic heterocycles. The van der Waals surface area contributed by atoms with E-state index in [-0.39, 0.29) is 0 Å². The van der Waals surface area contributed by atoms with Crippen LogP contribution in [-0.2, 0) is 0 Å². The molecule has 4 rings (SSSR count). The smallest absolute Gasteiger partial charge is 0.170 e. The molecule has 4 aliphatic carbocycles. The summed E-state index contributed by atoms with van der Waals surface area (Å²) in [4.78, 5) is 0. The summed E-state index contributed by atoms with van der Waals surface area (Å²) in [5, 5.41) is 0. The molecule has 0 amide bonds. The third kappa shape index (κ3) is 3.63. The molecule has 0 N–H and O–H groups in total. The van der Waals surface area contributed by atoms with Crippen molar-refractivity contribution in [1.82, 2.24) is 0 Å². The van der Waals surface area contributed by atoms with Crippen LogP contribution >= 0.6 is 11.1 Å². The molecule has 6 unspecified atom stereocenters. The van der Waals surface area contributed by atoms with Crippen LogP contribution in [0.15, 0.2) is 84.4 Å². The zero-order valence-corrected chi connectivity index (χ0v) is 17.5. The predicted molar refractivity (Wildman–Crippen MR) is 117 cm³/mol. The Morgan fingerprint density at radius 1 is 0.926 bits per heavy atom. The van der Waals surface area contributed by atoms with Gasteiger partial charge >= 0.3 is 0 Å². The second-order valence-corrected chi connectivity index (χ2v) is 9.79. The fourth-order valence-corrected chi connectivity index (χ4v) is 6.37. The Morgan fingerprint density at radius 2 is 1.41 bits per heavy atom. The van der Waals surface area contributed by atoms with E-state index in [2.05, 4.69) is 73.2 Å². The lowest BCUT2D eigenvalue weighted by Gasteiger charge is -2.13. The van der Waals surface area contributed by atoms with Crippen molar-refractivity contribution in [2.24, 2.45) is 35.5 Å². The lowest BCUT2D eigenvalue weighted by Crippen LogP contribution is -2.06. The summed E-state index contributed by atoms with van der Waals surface area (Å²) in [5.41, 5.74) is 9.48. The largest absolute Gasteiger partial charge is 0.183 e. The van der Waals surface area contributed by atoms with Gasteiger partial charge < -0.3 is 0 Å². The minimum Gasteiger partial charge on any atom is -0.170 e. The second kappa shape index (κ2) is 8.25. The Bertz CT molecular complexity index is 734. The Hall–Kier alpha value is -1.49. The fraction of sp³-hybridized carbons (Fsp3) is 0.440. The highest BCUT2D eigenvalue weighted by molar-refractivity contribution is 6.95.